The molecular formula is C12H13O3. The molecule has 1 radical (unpaired) electrons. The van der Waals surface area contributed by atoms with Crippen LogP contribution in [-0.2, 0) is 22.4 Å². The van der Waals surface area contributed by atoms with Crippen LogP contribution < -0.4 is 0 Å². The molecule has 0 spiro atoms. The van der Waals surface area contributed by atoms with E-state index in [9.17, 15) is 9.59 Å². The zero-order valence-electron chi connectivity index (χ0n) is 8.40. The van der Waals surface area contributed by atoms with Crippen LogP contribution in [0.4, 0.5) is 0 Å². The second kappa shape index (κ2) is 5.96. The van der Waals surface area contributed by atoms with E-state index in [2.05, 4.69) is 0 Å². The van der Waals surface area contributed by atoms with E-state index in [1.807, 2.05) is 30.6 Å². The van der Waals surface area contributed by atoms with E-state index < -0.39 is 5.97 Å². The topological polar surface area (TPSA) is 54.4 Å². The van der Waals surface area contributed by atoms with Crippen molar-refractivity contribution in [3.8, 4) is 0 Å². The summed E-state index contributed by atoms with van der Waals surface area (Å²) >= 11 is 0. The van der Waals surface area contributed by atoms with Crippen molar-refractivity contribution in [3.63, 3.8) is 0 Å². The van der Waals surface area contributed by atoms with Gasteiger partial charge in [0.2, 0.25) is 0 Å². The fourth-order valence-electron chi connectivity index (χ4n) is 1.32. The lowest BCUT2D eigenvalue weighted by Gasteiger charge is -2.01. The molecule has 15 heavy (non-hydrogen) atoms. The lowest BCUT2D eigenvalue weighted by Crippen LogP contribution is -1.97. The van der Waals surface area contributed by atoms with Crippen LogP contribution in [0.3, 0.4) is 0 Å². The molecule has 0 aliphatic rings. The van der Waals surface area contributed by atoms with Gasteiger partial charge in [0, 0.05) is 12.8 Å². The van der Waals surface area contributed by atoms with Crippen LogP contribution in [0.1, 0.15) is 24.0 Å². The maximum absolute atomic E-state index is 10.3. The molecule has 3 nitrogen and oxygen atoms in total. The third-order valence-electron chi connectivity index (χ3n) is 2.17. The van der Waals surface area contributed by atoms with Crippen LogP contribution in [0.2, 0.25) is 0 Å². The molecule has 0 atom stereocenters. The van der Waals surface area contributed by atoms with E-state index in [1.165, 1.54) is 0 Å². The fourth-order valence-corrected chi connectivity index (χ4v) is 1.32. The van der Waals surface area contributed by atoms with Gasteiger partial charge in [-0.05, 0) is 24.0 Å². The number of aryl methyl sites for hydroxylation is 2. The summed E-state index contributed by atoms with van der Waals surface area (Å²) in [7, 11) is 0. The Hall–Kier alpha value is -1.64. The van der Waals surface area contributed by atoms with Gasteiger partial charge in [-0.1, -0.05) is 24.3 Å². The number of hydrogen-bond donors (Lipinski definition) is 1. The molecule has 0 heterocycles. The molecule has 0 aliphatic heterocycles. The Kier molecular flexibility index (Phi) is 4.54. The lowest BCUT2D eigenvalue weighted by molar-refractivity contribution is -0.136. The zero-order valence-corrected chi connectivity index (χ0v) is 8.40. The highest BCUT2D eigenvalue weighted by atomic mass is 16.4. The Morgan fingerprint density at radius 2 is 1.67 bits per heavy atom. The first-order valence-electron chi connectivity index (χ1n) is 4.87. The number of benzene rings is 1. The summed E-state index contributed by atoms with van der Waals surface area (Å²) < 4.78 is 0. The molecule has 1 aromatic rings. The summed E-state index contributed by atoms with van der Waals surface area (Å²) in [4.78, 5) is 20.4. The van der Waals surface area contributed by atoms with Gasteiger partial charge in [0.05, 0.1) is 0 Å². The zero-order chi connectivity index (χ0) is 11.1. The molecule has 0 aliphatic carbocycles. The van der Waals surface area contributed by atoms with Gasteiger partial charge >= 0.3 is 5.97 Å². The van der Waals surface area contributed by atoms with Crippen LogP contribution in [0.5, 0.6) is 0 Å². The molecular weight excluding hydrogens is 192 g/mol. The van der Waals surface area contributed by atoms with Crippen LogP contribution in [0, 0.1) is 0 Å². The van der Waals surface area contributed by atoms with Gasteiger partial charge in [-0.15, -0.1) is 0 Å². The van der Waals surface area contributed by atoms with Gasteiger partial charge in [-0.2, -0.15) is 0 Å². The molecule has 1 aromatic carbocycles. The Morgan fingerprint density at radius 3 is 2.13 bits per heavy atom. The van der Waals surface area contributed by atoms with Crippen molar-refractivity contribution in [1.82, 2.24) is 0 Å². The molecule has 79 valence electrons. The van der Waals surface area contributed by atoms with E-state index in [1.54, 1.807) is 0 Å². The number of carbonyl (C=O) groups excluding carboxylic acids is 1. The molecule has 0 amide bonds. The number of carbonyl (C=O) groups is 1. The Bertz CT molecular complexity index is 327. The first kappa shape index (κ1) is 11.4. The third-order valence-corrected chi connectivity index (χ3v) is 2.17. The van der Waals surface area contributed by atoms with E-state index in [4.69, 9.17) is 5.11 Å². The summed E-state index contributed by atoms with van der Waals surface area (Å²) in [6, 6.07) is 7.66. The van der Waals surface area contributed by atoms with Gasteiger partial charge in [-0.3, -0.25) is 9.59 Å². The summed E-state index contributed by atoms with van der Waals surface area (Å²) in [5.41, 5.74) is 2.09. The average molecular weight is 205 g/mol. The molecule has 1 rings (SSSR count). The van der Waals surface area contributed by atoms with Crippen LogP contribution in [-0.4, -0.2) is 17.4 Å². The Balaban J connectivity index is 2.48. The summed E-state index contributed by atoms with van der Waals surface area (Å²) in [5.74, 6) is -0.783. The summed E-state index contributed by atoms with van der Waals surface area (Å²) in [5, 5.41) is 8.50. The van der Waals surface area contributed by atoms with Crippen LogP contribution in [0.15, 0.2) is 24.3 Å². The molecule has 0 unspecified atom stereocenters. The maximum Gasteiger partial charge on any atom is 0.303 e. The van der Waals surface area contributed by atoms with Crippen molar-refractivity contribution in [3.05, 3.63) is 35.4 Å². The monoisotopic (exact) mass is 205 g/mol. The lowest BCUT2D eigenvalue weighted by atomic mass is 10.0. The molecule has 1 N–H and O–H groups in total. The number of rotatable bonds is 6. The number of carboxylic acid groups (broad SMARTS) is 1. The Labute approximate surface area is 88.7 Å². The number of carboxylic acids is 1. The number of hydrogen-bond acceptors (Lipinski definition) is 2. The molecule has 3 heteroatoms. The van der Waals surface area contributed by atoms with Gasteiger partial charge in [-0.25, -0.2) is 0 Å². The quantitative estimate of drug-likeness (QED) is 0.769. The minimum atomic E-state index is -0.783. The van der Waals surface area contributed by atoms with E-state index in [-0.39, 0.29) is 6.42 Å². The third kappa shape index (κ3) is 4.40. The molecule has 0 saturated heterocycles. The first-order valence-corrected chi connectivity index (χ1v) is 4.87. The summed E-state index contributed by atoms with van der Waals surface area (Å²) in [6.07, 6.45) is 3.66. The van der Waals surface area contributed by atoms with Crippen molar-refractivity contribution < 1.29 is 14.7 Å². The standard InChI is InChI=1S/C12H13O3/c13-9-1-2-10-3-5-11(6-4-10)7-8-12(14)15/h3-6H,1-2,7-8H2,(H,14,15). The smallest absolute Gasteiger partial charge is 0.303 e. The second-order valence-corrected chi connectivity index (χ2v) is 3.35. The van der Waals surface area contributed by atoms with E-state index in [0.29, 0.717) is 19.3 Å². The van der Waals surface area contributed by atoms with Gasteiger partial charge in [0.15, 0.2) is 6.29 Å². The number of aliphatic carboxylic acids is 1. The highest BCUT2D eigenvalue weighted by molar-refractivity contribution is 5.67. The minimum absolute atomic E-state index is 0.154. The average Bonchev–Trinajstić information content (AvgIpc) is 2.25. The predicted octanol–water partition coefficient (Wildman–Crippen LogP) is 1.75. The summed E-state index contributed by atoms with van der Waals surface area (Å²) in [6.45, 7) is 0. The van der Waals surface area contributed by atoms with Crippen molar-refractivity contribution >= 4 is 12.3 Å². The van der Waals surface area contributed by atoms with Gasteiger partial charge in [0.1, 0.15) is 0 Å². The van der Waals surface area contributed by atoms with Gasteiger partial charge in [0.25, 0.3) is 0 Å². The largest absolute Gasteiger partial charge is 0.481 e. The molecule has 0 saturated carbocycles. The van der Waals surface area contributed by atoms with Crippen molar-refractivity contribution in [1.29, 1.82) is 0 Å². The van der Waals surface area contributed by atoms with Crippen molar-refractivity contribution in [2.75, 3.05) is 0 Å². The minimum Gasteiger partial charge on any atom is -0.481 e. The Morgan fingerprint density at radius 1 is 1.13 bits per heavy atom. The highest BCUT2D eigenvalue weighted by Crippen LogP contribution is 2.08. The normalized spacial score (nSPS) is 9.87. The second-order valence-electron chi connectivity index (χ2n) is 3.35. The maximum atomic E-state index is 10.3. The first-order chi connectivity index (χ1) is 7.22. The van der Waals surface area contributed by atoms with Crippen molar-refractivity contribution in [2.45, 2.75) is 25.7 Å². The SMILES string of the molecule is O=[C]CCc1ccc(CCC(=O)O)cc1. The van der Waals surface area contributed by atoms with Crippen LogP contribution >= 0.6 is 0 Å². The van der Waals surface area contributed by atoms with Crippen molar-refractivity contribution in [2.24, 2.45) is 0 Å². The van der Waals surface area contributed by atoms with Crippen LogP contribution in [0.25, 0.3) is 0 Å². The predicted molar refractivity (Wildman–Crippen MR) is 56.4 cm³/mol. The molecule has 0 fully saturated rings. The molecule has 0 aromatic heterocycles. The van der Waals surface area contributed by atoms with E-state index in [0.717, 1.165) is 11.1 Å². The van der Waals surface area contributed by atoms with Gasteiger partial charge < -0.3 is 5.11 Å². The fraction of sp³-hybridized carbons (Fsp3) is 0.333. The van der Waals surface area contributed by atoms with E-state index >= 15 is 0 Å². The molecule has 0 bridgehead atoms. The highest BCUT2D eigenvalue weighted by Gasteiger charge is 1.99.